The molecule has 3 aromatic rings. The fourth-order valence-electron chi connectivity index (χ4n) is 3.70. The number of fused-ring (bicyclic) bond motifs is 1. The van der Waals surface area contributed by atoms with Crippen LogP contribution in [0.15, 0.2) is 56.6 Å². The maximum Gasteiger partial charge on any atom is 0.339 e. The van der Waals surface area contributed by atoms with E-state index >= 15 is 0 Å². The lowest BCUT2D eigenvalue weighted by Crippen LogP contribution is -2.30. The van der Waals surface area contributed by atoms with E-state index in [0.717, 1.165) is 10.9 Å². The number of benzene rings is 2. The normalized spacial score (nSPS) is 11.7. The third-order valence-electron chi connectivity index (χ3n) is 5.56. The fraction of sp³-hybridized carbons (Fsp3) is 0.333. The number of methoxy groups -OCH3 is 1. The summed E-state index contributed by atoms with van der Waals surface area (Å²) < 4.78 is 37.4. The van der Waals surface area contributed by atoms with E-state index in [0.29, 0.717) is 35.7 Å². The summed E-state index contributed by atoms with van der Waals surface area (Å²) in [5.74, 6) is 0.253. The van der Waals surface area contributed by atoms with Gasteiger partial charge in [-0.3, -0.25) is 4.79 Å². The summed E-state index contributed by atoms with van der Waals surface area (Å²) in [6.07, 6.45) is 0.236. The van der Waals surface area contributed by atoms with Crippen molar-refractivity contribution in [3.63, 3.8) is 0 Å². The number of nitrogens with one attached hydrogen (secondary N) is 1. The number of carbonyl (C=O) groups is 1. The van der Waals surface area contributed by atoms with E-state index < -0.39 is 15.6 Å². The molecule has 0 aliphatic rings. The third kappa shape index (κ3) is 5.26. The summed E-state index contributed by atoms with van der Waals surface area (Å²) in [6.45, 7) is 6.08. The van der Waals surface area contributed by atoms with E-state index in [1.807, 2.05) is 13.0 Å². The smallest absolute Gasteiger partial charge is 0.339 e. The zero-order valence-electron chi connectivity index (χ0n) is 19.2. The number of sulfonamides is 1. The van der Waals surface area contributed by atoms with E-state index in [2.05, 4.69) is 5.32 Å². The van der Waals surface area contributed by atoms with Crippen molar-refractivity contribution in [3.8, 4) is 5.75 Å². The first-order valence-corrected chi connectivity index (χ1v) is 12.2. The number of nitrogens with zero attached hydrogens (tertiary/aromatic N) is 1. The zero-order chi connectivity index (χ0) is 24.2. The molecule has 176 valence electrons. The minimum Gasteiger partial charge on any atom is -0.497 e. The molecule has 9 heteroatoms. The van der Waals surface area contributed by atoms with Crippen LogP contribution in [0.1, 0.15) is 31.4 Å². The van der Waals surface area contributed by atoms with Gasteiger partial charge in [0, 0.05) is 42.2 Å². The van der Waals surface area contributed by atoms with Gasteiger partial charge in [0.2, 0.25) is 15.9 Å². The number of anilines is 1. The van der Waals surface area contributed by atoms with Crippen molar-refractivity contribution in [3.05, 3.63) is 64.0 Å². The van der Waals surface area contributed by atoms with Crippen LogP contribution in [-0.2, 0) is 21.2 Å². The Labute approximate surface area is 193 Å². The Bertz CT molecular complexity index is 1330. The van der Waals surface area contributed by atoms with Crippen LogP contribution in [0.3, 0.4) is 0 Å². The average molecular weight is 473 g/mol. The minimum atomic E-state index is -3.63. The van der Waals surface area contributed by atoms with Crippen LogP contribution in [-0.4, -0.2) is 38.8 Å². The molecule has 1 amide bonds. The predicted molar refractivity (Wildman–Crippen MR) is 127 cm³/mol. The number of ether oxygens (including phenoxy) is 1. The van der Waals surface area contributed by atoms with Crippen molar-refractivity contribution in [1.29, 1.82) is 0 Å². The number of hydrogen-bond acceptors (Lipinski definition) is 6. The molecule has 0 atom stereocenters. The Morgan fingerprint density at radius 3 is 2.52 bits per heavy atom. The molecular weight excluding hydrogens is 444 g/mol. The minimum absolute atomic E-state index is 0.0419. The third-order valence-corrected chi connectivity index (χ3v) is 7.60. The molecule has 1 N–H and O–H groups in total. The highest BCUT2D eigenvalue weighted by molar-refractivity contribution is 7.89. The first-order valence-electron chi connectivity index (χ1n) is 10.7. The number of carbonyl (C=O) groups excluding carboxylic acids is 1. The standard InChI is InChI=1S/C24H28N2O6S/c1-5-26(6-2)33(29,30)19-9-7-8-17(14-19)25-23(27)13-12-21-16(3)20-11-10-18(31-4)15-22(20)32-24(21)28/h7-11,14-15H,5-6,12-13H2,1-4H3,(H,25,27). The van der Waals surface area contributed by atoms with Crippen molar-refractivity contribution in [1.82, 2.24) is 4.31 Å². The van der Waals surface area contributed by atoms with E-state index in [-0.39, 0.29) is 23.6 Å². The molecule has 0 saturated heterocycles. The van der Waals surface area contributed by atoms with Crippen LogP contribution < -0.4 is 15.7 Å². The van der Waals surface area contributed by atoms with Gasteiger partial charge in [0.05, 0.1) is 12.0 Å². The van der Waals surface area contributed by atoms with Gasteiger partial charge in [-0.05, 0) is 49.2 Å². The summed E-state index contributed by atoms with van der Waals surface area (Å²) in [4.78, 5) is 25.1. The molecule has 0 fully saturated rings. The molecule has 8 nitrogen and oxygen atoms in total. The SMILES string of the molecule is CCN(CC)S(=O)(=O)c1cccc(NC(=O)CCc2c(C)c3ccc(OC)cc3oc2=O)c1. The average Bonchev–Trinajstić information content (AvgIpc) is 2.79. The van der Waals surface area contributed by atoms with Gasteiger partial charge in [0.15, 0.2) is 0 Å². The van der Waals surface area contributed by atoms with E-state index in [1.165, 1.54) is 23.5 Å². The molecule has 0 bridgehead atoms. The Balaban J connectivity index is 1.75. The highest BCUT2D eigenvalue weighted by Gasteiger charge is 2.22. The molecule has 2 aromatic carbocycles. The van der Waals surface area contributed by atoms with Crippen molar-refractivity contribution in [2.24, 2.45) is 0 Å². The van der Waals surface area contributed by atoms with Gasteiger partial charge in [-0.25, -0.2) is 13.2 Å². The van der Waals surface area contributed by atoms with Gasteiger partial charge in [0.1, 0.15) is 11.3 Å². The van der Waals surface area contributed by atoms with Gasteiger partial charge >= 0.3 is 5.63 Å². The molecule has 0 spiro atoms. The molecular formula is C24H28N2O6S. The number of amides is 1. The highest BCUT2D eigenvalue weighted by atomic mass is 32.2. The molecule has 1 aromatic heterocycles. The molecule has 0 unspecified atom stereocenters. The van der Waals surface area contributed by atoms with E-state index in [1.54, 1.807) is 38.1 Å². The first-order chi connectivity index (χ1) is 15.7. The summed E-state index contributed by atoms with van der Waals surface area (Å²) in [5.41, 5.74) is 1.50. The maximum absolute atomic E-state index is 12.7. The molecule has 0 radical (unpaired) electrons. The Morgan fingerprint density at radius 1 is 1.12 bits per heavy atom. The molecule has 1 heterocycles. The quantitative estimate of drug-likeness (QED) is 0.476. The van der Waals surface area contributed by atoms with E-state index in [4.69, 9.17) is 9.15 Å². The summed E-state index contributed by atoms with van der Waals surface area (Å²) >= 11 is 0. The maximum atomic E-state index is 12.7. The second-order valence-electron chi connectivity index (χ2n) is 7.52. The Kier molecular flexibility index (Phi) is 7.55. The van der Waals surface area contributed by atoms with Gasteiger partial charge < -0.3 is 14.5 Å². The first kappa shape index (κ1) is 24.5. The predicted octanol–water partition coefficient (Wildman–Crippen LogP) is 3.71. The van der Waals surface area contributed by atoms with Gasteiger partial charge in [-0.15, -0.1) is 0 Å². The molecule has 0 aliphatic carbocycles. The van der Waals surface area contributed by atoms with E-state index in [9.17, 15) is 18.0 Å². The van der Waals surface area contributed by atoms with Gasteiger partial charge in [-0.1, -0.05) is 19.9 Å². The lowest BCUT2D eigenvalue weighted by Gasteiger charge is -2.18. The largest absolute Gasteiger partial charge is 0.497 e. The van der Waals surface area contributed by atoms with Crippen LogP contribution >= 0.6 is 0 Å². The summed E-state index contributed by atoms with van der Waals surface area (Å²) in [5, 5.41) is 3.50. The monoisotopic (exact) mass is 472 g/mol. The Morgan fingerprint density at radius 2 is 1.85 bits per heavy atom. The molecule has 0 saturated carbocycles. The molecule has 3 rings (SSSR count). The van der Waals surface area contributed by atoms with Crippen LogP contribution in [0, 0.1) is 6.92 Å². The van der Waals surface area contributed by atoms with Crippen molar-refractivity contribution in [2.45, 2.75) is 38.5 Å². The van der Waals surface area contributed by atoms with Gasteiger partial charge in [0.25, 0.3) is 0 Å². The second kappa shape index (κ2) is 10.2. The lowest BCUT2D eigenvalue weighted by molar-refractivity contribution is -0.116. The highest BCUT2D eigenvalue weighted by Crippen LogP contribution is 2.25. The summed E-state index contributed by atoms with van der Waals surface area (Å²) in [7, 11) is -2.10. The van der Waals surface area contributed by atoms with Crippen molar-refractivity contribution < 1.29 is 22.4 Å². The topological polar surface area (TPSA) is 106 Å². The molecule has 0 aliphatic heterocycles. The summed E-state index contributed by atoms with van der Waals surface area (Å²) in [6, 6.07) is 11.4. The number of aryl methyl sites for hydroxylation is 1. The van der Waals surface area contributed by atoms with Crippen LogP contribution in [0.5, 0.6) is 5.75 Å². The number of rotatable bonds is 9. The fourth-order valence-corrected chi connectivity index (χ4v) is 5.20. The lowest BCUT2D eigenvalue weighted by atomic mass is 10.0. The van der Waals surface area contributed by atoms with Crippen LogP contribution in [0.4, 0.5) is 5.69 Å². The van der Waals surface area contributed by atoms with Gasteiger partial charge in [-0.2, -0.15) is 4.31 Å². The molecule has 33 heavy (non-hydrogen) atoms. The van der Waals surface area contributed by atoms with Crippen molar-refractivity contribution >= 4 is 32.6 Å². The van der Waals surface area contributed by atoms with Crippen LogP contribution in [0.2, 0.25) is 0 Å². The number of hydrogen-bond donors (Lipinski definition) is 1. The zero-order valence-corrected chi connectivity index (χ0v) is 20.0. The van der Waals surface area contributed by atoms with Crippen molar-refractivity contribution in [2.75, 3.05) is 25.5 Å². The second-order valence-corrected chi connectivity index (χ2v) is 9.46. The Hall–Kier alpha value is -3.17. The van der Waals surface area contributed by atoms with Crippen LogP contribution in [0.25, 0.3) is 11.0 Å².